The summed E-state index contributed by atoms with van der Waals surface area (Å²) in [7, 11) is 0. The van der Waals surface area contributed by atoms with E-state index in [4.69, 9.17) is 17.1 Å². The molecule has 3 nitrogen and oxygen atoms in total. The molecule has 0 spiro atoms. The summed E-state index contributed by atoms with van der Waals surface area (Å²) in [4.78, 5) is 2.62. The highest BCUT2D eigenvalue weighted by atomic mass is 35.5. The maximum absolute atomic E-state index is 13.0. The second-order valence-electron chi connectivity index (χ2n) is 2.82. The van der Waals surface area contributed by atoms with Crippen LogP contribution in [0.5, 0.6) is 0 Å². The molecule has 0 aliphatic heterocycles. The molecule has 0 bridgehead atoms. The summed E-state index contributed by atoms with van der Waals surface area (Å²) in [6.45, 7) is 0.406. The van der Waals surface area contributed by atoms with Gasteiger partial charge in [0.2, 0.25) is 0 Å². The Morgan fingerprint density at radius 3 is 3.00 bits per heavy atom. The molecule has 0 saturated carbocycles. The van der Waals surface area contributed by atoms with Crippen LogP contribution >= 0.6 is 11.6 Å². The van der Waals surface area contributed by atoms with Crippen molar-refractivity contribution >= 4 is 17.7 Å². The van der Waals surface area contributed by atoms with Gasteiger partial charge in [-0.1, -0.05) is 34.9 Å². The van der Waals surface area contributed by atoms with Gasteiger partial charge in [0.05, 0.1) is 5.02 Å². The zero-order valence-corrected chi connectivity index (χ0v) is 8.65. The van der Waals surface area contributed by atoms with E-state index in [0.29, 0.717) is 13.0 Å². The standard InChI is InChI=1S/C10H9ClFN3/c11-9-5-4-8(7-10(9)12)3-1-2-6-14-15-13/h1,3-5,7H,2,6H2. The van der Waals surface area contributed by atoms with Crippen LogP contribution in [-0.4, -0.2) is 6.54 Å². The number of rotatable bonds is 4. The van der Waals surface area contributed by atoms with Crippen LogP contribution in [0, 0.1) is 5.82 Å². The van der Waals surface area contributed by atoms with Gasteiger partial charge in [0.15, 0.2) is 0 Å². The van der Waals surface area contributed by atoms with Gasteiger partial charge in [-0.25, -0.2) is 4.39 Å². The van der Waals surface area contributed by atoms with Crippen LogP contribution in [0.3, 0.4) is 0 Å². The van der Waals surface area contributed by atoms with Crippen LogP contribution in [-0.2, 0) is 0 Å². The molecule has 0 aromatic heterocycles. The van der Waals surface area contributed by atoms with Gasteiger partial charge in [0.1, 0.15) is 5.82 Å². The lowest BCUT2D eigenvalue weighted by atomic mass is 10.2. The summed E-state index contributed by atoms with van der Waals surface area (Å²) in [6, 6.07) is 4.58. The number of nitrogens with zero attached hydrogens (tertiary/aromatic N) is 3. The fraction of sp³-hybridized carbons (Fsp3) is 0.200. The van der Waals surface area contributed by atoms with E-state index in [9.17, 15) is 4.39 Å². The molecule has 0 aliphatic rings. The van der Waals surface area contributed by atoms with Crippen molar-refractivity contribution in [1.82, 2.24) is 0 Å². The highest BCUT2D eigenvalue weighted by Gasteiger charge is 1.97. The second kappa shape index (κ2) is 6.06. The van der Waals surface area contributed by atoms with Crippen LogP contribution in [0.2, 0.25) is 5.02 Å². The minimum Gasteiger partial charge on any atom is -0.205 e. The number of benzene rings is 1. The van der Waals surface area contributed by atoms with Gasteiger partial charge in [-0.2, -0.15) is 0 Å². The van der Waals surface area contributed by atoms with Crippen molar-refractivity contribution < 1.29 is 4.39 Å². The molecule has 0 heterocycles. The predicted octanol–water partition coefficient (Wildman–Crippen LogP) is 4.19. The lowest BCUT2D eigenvalue weighted by Gasteiger charge is -1.95. The summed E-state index contributed by atoms with van der Waals surface area (Å²) < 4.78 is 13.0. The summed E-state index contributed by atoms with van der Waals surface area (Å²) in [6.07, 6.45) is 4.21. The minimum atomic E-state index is -0.436. The topological polar surface area (TPSA) is 48.8 Å². The van der Waals surface area contributed by atoms with Gasteiger partial charge < -0.3 is 0 Å². The Hall–Kier alpha value is -1.51. The molecule has 0 unspecified atom stereocenters. The maximum Gasteiger partial charge on any atom is 0.142 e. The molecule has 1 aromatic carbocycles. The van der Waals surface area contributed by atoms with Gasteiger partial charge in [0, 0.05) is 11.5 Å². The number of azide groups is 1. The first kappa shape index (κ1) is 11.6. The van der Waals surface area contributed by atoms with E-state index in [1.54, 1.807) is 12.1 Å². The highest BCUT2D eigenvalue weighted by Crippen LogP contribution is 2.16. The molecular formula is C10H9ClFN3. The minimum absolute atomic E-state index is 0.112. The van der Waals surface area contributed by atoms with Crippen molar-refractivity contribution in [3.05, 3.63) is 51.1 Å². The zero-order chi connectivity index (χ0) is 11.1. The molecule has 0 N–H and O–H groups in total. The average molecular weight is 226 g/mol. The smallest absolute Gasteiger partial charge is 0.142 e. The van der Waals surface area contributed by atoms with Crippen molar-refractivity contribution in [2.75, 3.05) is 6.54 Å². The van der Waals surface area contributed by atoms with Gasteiger partial charge in [-0.3, -0.25) is 0 Å². The van der Waals surface area contributed by atoms with E-state index >= 15 is 0 Å². The van der Waals surface area contributed by atoms with Crippen LogP contribution in [0.15, 0.2) is 29.4 Å². The molecule has 5 heteroatoms. The Morgan fingerprint density at radius 2 is 2.33 bits per heavy atom. The molecule has 0 fully saturated rings. The molecule has 0 saturated heterocycles. The third-order valence-electron chi connectivity index (χ3n) is 1.71. The highest BCUT2D eigenvalue weighted by molar-refractivity contribution is 6.30. The van der Waals surface area contributed by atoms with Crippen LogP contribution in [0.25, 0.3) is 16.5 Å². The monoisotopic (exact) mass is 225 g/mol. The van der Waals surface area contributed by atoms with Crippen molar-refractivity contribution in [2.24, 2.45) is 5.11 Å². The third-order valence-corrected chi connectivity index (χ3v) is 2.02. The van der Waals surface area contributed by atoms with Gasteiger partial charge in [0.25, 0.3) is 0 Å². The lowest BCUT2D eigenvalue weighted by Crippen LogP contribution is -1.79. The first-order valence-corrected chi connectivity index (χ1v) is 4.74. The maximum atomic E-state index is 13.0. The summed E-state index contributed by atoms with van der Waals surface area (Å²) in [5, 5.41) is 3.48. The predicted molar refractivity (Wildman–Crippen MR) is 59.1 cm³/mol. The molecule has 0 aliphatic carbocycles. The van der Waals surface area contributed by atoms with Crippen LogP contribution in [0.4, 0.5) is 4.39 Å². The Morgan fingerprint density at radius 1 is 1.53 bits per heavy atom. The van der Waals surface area contributed by atoms with Crippen molar-refractivity contribution in [3.8, 4) is 0 Å². The third kappa shape index (κ3) is 4.02. The summed E-state index contributed by atoms with van der Waals surface area (Å²) in [5.41, 5.74) is 8.75. The number of hydrogen-bond donors (Lipinski definition) is 0. The fourth-order valence-electron chi connectivity index (χ4n) is 1.01. The molecular weight excluding hydrogens is 217 g/mol. The van der Waals surface area contributed by atoms with E-state index < -0.39 is 5.82 Å². The van der Waals surface area contributed by atoms with Crippen molar-refractivity contribution in [3.63, 3.8) is 0 Å². The Labute approximate surface area is 91.8 Å². The molecule has 15 heavy (non-hydrogen) atoms. The Bertz CT molecular complexity index is 411. The second-order valence-corrected chi connectivity index (χ2v) is 3.23. The van der Waals surface area contributed by atoms with E-state index in [-0.39, 0.29) is 5.02 Å². The normalized spacial score (nSPS) is 10.3. The molecule has 78 valence electrons. The molecule has 1 rings (SSSR count). The largest absolute Gasteiger partial charge is 0.205 e. The van der Waals surface area contributed by atoms with Crippen LogP contribution in [0.1, 0.15) is 12.0 Å². The first-order chi connectivity index (χ1) is 7.24. The van der Waals surface area contributed by atoms with Gasteiger partial charge in [-0.05, 0) is 29.6 Å². The Balaban J connectivity index is 2.56. The zero-order valence-electron chi connectivity index (χ0n) is 7.90. The van der Waals surface area contributed by atoms with Crippen molar-refractivity contribution in [2.45, 2.75) is 6.42 Å². The average Bonchev–Trinajstić information content (AvgIpc) is 2.23. The van der Waals surface area contributed by atoms with E-state index in [2.05, 4.69) is 10.0 Å². The Kier molecular flexibility index (Phi) is 4.68. The van der Waals surface area contributed by atoms with Crippen molar-refractivity contribution in [1.29, 1.82) is 0 Å². The van der Waals surface area contributed by atoms with E-state index in [1.165, 1.54) is 12.1 Å². The lowest BCUT2D eigenvalue weighted by molar-refractivity contribution is 0.628. The van der Waals surface area contributed by atoms with Gasteiger partial charge in [-0.15, -0.1) is 0 Å². The molecule has 0 radical (unpaired) electrons. The number of hydrogen-bond acceptors (Lipinski definition) is 1. The van der Waals surface area contributed by atoms with E-state index in [0.717, 1.165) is 5.56 Å². The first-order valence-electron chi connectivity index (χ1n) is 4.36. The fourth-order valence-corrected chi connectivity index (χ4v) is 1.13. The molecule has 1 aromatic rings. The molecule has 0 atom stereocenters. The van der Waals surface area contributed by atoms with Crippen LogP contribution < -0.4 is 0 Å². The summed E-state index contributed by atoms with van der Waals surface area (Å²) >= 11 is 5.53. The quantitative estimate of drug-likeness (QED) is 0.319. The number of halogens is 2. The van der Waals surface area contributed by atoms with E-state index in [1.807, 2.05) is 6.08 Å². The molecule has 0 amide bonds. The summed E-state index contributed by atoms with van der Waals surface area (Å²) in [5.74, 6) is -0.436. The van der Waals surface area contributed by atoms with Gasteiger partial charge >= 0.3 is 0 Å². The SMILES string of the molecule is [N-]=[N+]=NCCC=Cc1ccc(Cl)c(F)c1.